The van der Waals surface area contributed by atoms with Crippen LogP contribution in [0.25, 0.3) is 0 Å². The molecule has 1 unspecified atom stereocenters. The van der Waals surface area contributed by atoms with Gasteiger partial charge in [0.25, 0.3) is 0 Å². The highest BCUT2D eigenvalue weighted by Crippen LogP contribution is 2.36. The Kier molecular flexibility index (Phi) is 3.50. The normalized spacial score (nSPS) is 29.8. The Morgan fingerprint density at radius 2 is 1.95 bits per heavy atom. The summed E-state index contributed by atoms with van der Waals surface area (Å²) in [4.78, 5) is 11.9. The number of hydrogen-bond acceptors (Lipinski definition) is 3. The lowest BCUT2D eigenvalue weighted by Crippen LogP contribution is -2.27. The molecule has 20 heavy (non-hydrogen) atoms. The number of cyclic esters (lactones) is 1. The van der Waals surface area contributed by atoms with Gasteiger partial charge in [0, 0.05) is 6.42 Å². The molecule has 0 spiro atoms. The fourth-order valence-corrected chi connectivity index (χ4v) is 3.32. The second-order valence-corrected chi connectivity index (χ2v) is 5.93. The van der Waals surface area contributed by atoms with Crippen molar-refractivity contribution in [1.82, 2.24) is 0 Å². The zero-order chi connectivity index (χ0) is 14.3. The van der Waals surface area contributed by atoms with Crippen LogP contribution in [0.15, 0.2) is 12.1 Å². The molecule has 1 aliphatic carbocycles. The third kappa shape index (κ3) is 2.33. The van der Waals surface area contributed by atoms with Crippen LogP contribution >= 0.6 is 0 Å². The average Bonchev–Trinajstić information content (AvgIpc) is 2.39. The topological polar surface area (TPSA) is 46.5 Å². The minimum atomic E-state index is -0.547. The Labute approximate surface area is 117 Å². The molecule has 1 saturated carbocycles. The lowest BCUT2D eigenvalue weighted by molar-refractivity contribution is 0.0293. The number of benzene rings is 1. The minimum absolute atomic E-state index is 0.0934. The number of ether oxygens (including phenoxy) is 1. The molecule has 0 aromatic heterocycles. The van der Waals surface area contributed by atoms with Crippen molar-refractivity contribution in [2.24, 2.45) is 0 Å². The summed E-state index contributed by atoms with van der Waals surface area (Å²) in [7, 11) is 0. The number of esters is 1. The number of halogens is 1. The van der Waals surface area contributed by atoms with E-state index in [1.807, 2.05) is 19.1 Å². The summed E-state index contributed by atoms with van der Waals surface area (Å²) in [5.74, 6) is -0.870. The summed E-state index contributed by atoms with van der Waals surface area (Å²) in [5.41, 5.74) is 1.46. The maximum absolute atomic E-state index is 14.7. The quantitative estimate of drug-likeness (QED) is 0.803. The molecule has 1 heterocycles. The number of aliphatic hydroxyl groups is 1. The summed E-state index contributed by atoms with van der Waals surface area (Å²) in [6.07, 6.45) is 3.04. The Morgan fingerprint density at radius 3 is 2.65 bits per heavy atom. The molecule has 1 N–H and O–H groups in total. The average molecular weight is 278 g/mol. The molecule has 4 heteroatoms. The van der Waals surface area contributed by atoms with Crippen LogP contribution in [0.2, 0.25) is 0 Å². The maximum Gasteiger partial charge on any atom is 0.341 e. The SMILES string of the molecule is CC1Cc2ccc(C3CCC(O)CC3)c(F)c2C(=O)O1. The molecule has 1 aromatic carbocycles. The van der Waals surface area contributed by atoms with Crippen molar-refractivity contribution >= 4 is 5.97 Å². The zero-order valence-corrected chi connectivity index (χ0v) is 11.6. The summed E-state index contributed by atoms with van der Waals surface area (Å²) in [6.45, 7) is 1.81. The first-order valence-corrected chi connectivity index (χ1v) is 7.26. The number of hydrogen-bond donors (Lipinski definition) is 1. The van der Waals surface area contributed by atoms with Crippen molar-refractivity contribution in [3.05, 3.63) is 34.6 Å². The predicted octanol–water partition coefficient (Wildman–Crippen LogP) is 2.95. The van der Waals surface area contributed by atoms with Crippen molar-refractivity contribution < 1.29 is 19.0 Å². The number of carbonyl (C=O) groups excluding carboxylic acids is 1. The molecular formula is C16H19FO3. The van der Waals surface area contributed by atoms with Gasteiger partial charge in [-0.2, -0.15) is 0 Å². The van der Waals surface area contributed by atoms with Gasteiger partial charge in [-0.1, -0.05) is 12.1 Å². The highest BCUT2D eigenvalue weighted by atomic mass is 19.1. The van der Waals surface area contributed by atoms with E-state index in [4.69, 9.17) is 4.74 Å². The lowest BCUT2D eigenvalue weighted by atomic mass is 9.81. The van der Waals surface area contributed by atoms with Gasteiger partial charge in [-0.15, -0.1) is 0 Å². The van der Waals surface area contributed by atoms with Gasteiger partial charge in [-0.3, -0.25) is 0 Å². The minimum Gasteiger partial charge on any atom is -0.459 e. The zero-order valence-electron chi connectivity index (χ0n) is 11.6. The molecule has 0 saturated heterocycles. The highest BCUT2D eigenvalue weighted by molar-refractivity contribution is 5.92. The van der Waals surface area contributed by atoms with Crippen LogP contribution in [0, 0.1) is 5.82 Å². The number of aliphatic hydroxyl groups excluding tert-OH is 1. The molecule has 3 nitrogen and oxygen atoms in total. The molecule has 1 aliphatic heterocycles. The molecule has 108 valence electrons. The van der Waals surface area contributed by atoms with Gasteiger partial charge in [-0.25, -0.2) is 9.18 Å². The van der Waals surface area contributed by atoms with E-state index in [0.29, 0.717) is 24.8 Å². The van der Waals surface area contributed by atoms with E-state index in [2.05, 4.69) is 0 Å². The fraction of sp³-hybridized carbons (Fsp3) is 0.562. The van der Waals surface area contributed by atoms with Crippen LogP contribution < -0.4 is 0 Å². The maximum atomic E-state index is 14.7. The Balaban J connectivity index is 1.94. The summed E-state index contributed by atoms with van der Waals surface area (Å²) in [6, 6.07) is 3.66. The van der Waals surface area contributed by atoms with Gasteiger partial charge in [0.2, 0.25) is 0 Å². The first-order valence-electron chi connectivity index (χ1n) is 7.26. The van der Waals surface area contributed by atoms with E-state index in [9.17, 15) is 14.3 Å². The van der Waals surface area contributed by atoms with Crippen LogP contribution in [-0.2, 0) is 11.2 Å². The van der Waals surface area contributed by atoms with E-state index in [-0.39, 0.29) is 23.7 Å². The Hall–Kier alpha value is -1.42. The van der Waals surface area contributed by atoms with Gasteiger partial charge < -0.3 is 9.84 Å². The van der Waals surface area contributed by atoms with Gasteiger partial charge in [0.15, 0.2) is 0 Å². The second-order valence-electron chi connectivity index (χ2n) is 5.93. The third-order valence-corrected chi connectivity index (χ3v) is 4.41. The van der Waals surface area contributed by atoms with Crippen molar-refractivity contribution in [2.45, 2.75) is 57.2 Å². The summed E-state index contributed by atoms with van der Waals surface area (Å²) in [5, 5.41) is 9.54. The van der Waals surface area contributed by atoms with Crippen LogP contribution in [-0.4, -0.2) is 23.3 Å². The van der Waals surface area contributed by atoms with E-state index in [1.165, 1.54) is 0 Å². The number of rotatable bonds is 1. The predicted molar refractivity (Wildman–Crippen MR) is 72.2 cm³/mol. The van der Waals surface area contributed by atoms with E-state index >= 15 is 0 Å². The molecule has 1 aromatic rings. The second kappa shape index (κ2) is 5.17. The van der Waals surface area contributed by atoms with Gasteiger partial charge in [-0.05, 0) is 49.7 Å². The van der Waals surface area contributed by atoms with Crippen molar-refractivity contribution in [3.8, 4) is 0 Å². The van der Waals surface area contributed by atoms with Gasteiger partial charge in [0.05, 0.1) is 11.7 Å². The molecule has 3 rings (SSSR count). The van der Waals surface area contributed by atoms with Crippen molar-refractivity contribution in [2.75, 3.05) is 0 Å². The van der Waals surface area contributed by atoms with Crippen LogP contribution in [0.4, 0.5) is 4.39 Å². The first-order chi connectivity index (χ1) is 9.56. The molecular weight excluding hydrogens is 259 g/mol. The molecule has 1 atom stereocenters. The van der Waals surface area contributed by atoms with Gasteiger partial charge >= 0.3 is 5.97 Å². The van der Waals surface area contributed by atoms with Crippen molar-refractivity contribution in [3.63, 3.8) is 0 Å². The molecule has 0 bridgehead atoms. The van der Waals surface area contributed by atoms with E-state index < -0.39 is 11.8 Å². The fourth-order valence-electron chi connectivity index (χ4n) is 3.32. The van der Waals surface area contributed by atoms with E-state index in [1.54, 1.807) is 0 Å². The highest BCUT2D eigenvalue weighted by Gasteiger charge is 2.31. The van der Waals surface area contributed by atoms with Crippen LogP contribution in [0.3, 0.4) is 0 Å². The summed E-state index contributed by atoms with van der Waals surface area (Å²) >= 11 is 0. The van der Waals surface area contributed by atoms with Crippen LogP contribution in [0.1, 0.15) is 60.0 Å². The largest absolute Gasteiger partial charge is 0.459 e. The Morgan fingerprint density at radius 1 is 1.25 bits per heavy atom. The van der Waals surface area contributed by atoms with Gasteiger partial charge in [0.1, 0.15) is 11.9 Å². The third-order valence-electron chi connectivity index (χ3n) is 4.41. The van der Waals surface area contributed by atoms with E-state index in [0.717, 1.165) is 18.4 Å². The summed E-state index contributed by atoms with van der Waals surface area (Å²) < 4.78 is 19.8. The first kappa shape index (κ1) is 13.6. The van der Waals surface area contributed by atoms with Crippen LogP contribution in [0.5, 0.6) is 0 Å². The monoisotopic (exact) mass is 278 g/mol. The molecule has 1 fully saturated rings. The molecule has 0 radical (unpaired) electrons. The Bertz CT molecular complexity index is 533. The number of fused-ring (bicyclic) bond motifs is 1. The standard InChI is InChI=1S/C16H19FO3/c1-9-8-11-4-7-13(10-2-5-12(18)6-3-10)15(17)14(11)16(19)20-9/h4,7,9-10,12,18H,2-3,5-6,8H2,1H3. The molecule has 0 amide bonds. The smallest absolute Gasteiger partial charge is 0.341 e. The van der Waals surface area contributed by atoms with Crippen molar-refractivity contribution in [1.29, 1.82) is 0 Å². The number of carbonyl (C=O) groups is 1. The lowest BCUT2D eigenvalue weighted by Gasteiger charge is -2.28. The molecule has 2 aliphatic rings.